The Kier molecular flexibility index (Phi) is 5.52. The van der Waals surface area contributed by atoms with Gasteiger partial charge in [-0.2, -0.15) is 8.78 Å². The standard InChI is InChI=1S/C21H24F4N6O/c22-17(23)10-30-8-14-4-3-13(30)9-31(14)18-6-15(28-20(29-18)11-1-2-11)12-5-16(32-21(24)25)19(26)27-7-12/h5-7,11,13-14,17,21H,1-4,8-10H2,(H2,26,27)/t13-,14-/m0/s1. The predicted molar refractivity (Wildman–Crippen MR) is 110 cm³/mol. The molecule has 0 amide bonds. The molecule has 0 unspecified atom stereocenters. The quantitative estimate of drug-likeness (QED) is 0.644. The molecule has 2 atom stereocenters. The van der Waals surface area contributed by atoms with Gasteiger partial charge in [-0.05, 0) is 31.7 Å². The van der Waals surface area contributed by atoms with E-state index in [9.17, 15) is 17.6 Å². The molecular formula is C21H24F4N6O. The molecule has 11 heteroatoms. The number of piperidine rings is 2. The second kappa shape index (κ2) is 8.34. The number of halogens is 4. The van der Waals surface area contributed by atoms with Gasteiger partial charge >= 0.3 is 6.61 Å². The van der Waals surface area contributed by atoms with Gasteiger partial charge in [0.15, 0.2) is 11.6 Å². The summed E-state index contributed by atoms with van der Waals surface area (Å²) >= 11 is 0. The topological polar surface area (TPSA) is 80.4 Å². The van der Waals surface area contributed by atoms with Crippen molar-refractivity contribution in [2.24, 2.45) is 0 Å². The molecule has 0 radical (unpaired) electrons. The van der Waals surface area contributed by atoms with Crippen molar-refractivity contribution in [1.29, 1.82) is 0 Å². The highest BCUT2D eigenvalue weighted by atomic mass is 19.3. The van der Waals surface area contributed by atoms with Crippen LogP contribution in [0.2, 0.25) is 0 Å². The van der Waals surface area contributed by atoms with Crippen LogP contribution in [-0.4, -0.2) is 64.6 Å². The molecule has 3 aliphatic heterocycles. The van der Waals surface area contributed by atoms with Gasteiger partial charge in [-0.25, -0.2) is 23.7 Å². The fourth-order valence-corrected chi connectivity index (χ4v) is 4.65. The Morgan fingerprint density at radius 1 is 1.03 bits per heavy atom. The van der Waals surface area contributed by atoms with E-state index in [1.165, 1.54) is 12.3 Å². The summed E-state index contributed by atoms with van der Waals surface area (Å²) in [7, 11) is 0. The summed E-state index contributed by atoms with van der Waals surface area (Å²) in [6.07, 6.45) is 2.92. The first-order chi connectivity index (χ1) is 15.4. The van der Waals surface area contributed by atoms with Gasteiger partial charge in [0.1, 0.15) is 11.6 Å². The third-order valence-electron chi connectivity index (χ3n) is 6.38. The van der Waals surface area contributed by atoms with Crippen molar-refractivity contribution in [2.75, 3.05) is 30.3 Å². The van der Waals surface area contributed by atoms with Crippen molar-refractivity contribution < 1.29 is 22.3 Å². The monoisotopic (exact) mass is 452 g/mol. The molecule has 1 saturated carbocycles. The van der Waals surface area contributed by atoms with E-state index in [0.717, 1.165) is 31.5 Å². The van der Waals surface area contributed by atoms with Crippen LogP contribution in [0.5, 0.6) is 5.75 Å². The first kappa shape index (κ1) is 21.2. The highest BCUT2D eigenvalue weighted by molar-refractivity contribution is 5.67. The largest absolute Gasteiger partial charge is 0.431 e. The smallest absolute Gasteiger partial charge is 0.387 e. The summed E-state index contributed by atoms with van der Waals surface area (Å²) in [5, 5.41) is 0. The Morgan fingerprint density at radius 2 is 1.81 bits per heavy atom. The zero-order chi connectivity index (χ0) is 22.4. The number of nitrogens with zero attached hydrogens (tertiary/aromatic N) is 5. The van der Waals surface area contributed by atoms with E-state index >= 15 is 0 Å². The SMILES string of the molecule is Nc1ncc(-c2cc(N3C[C@@H]4CC[C@H]3CN4CC(F)F)nc(C3CC3)n2)cc1OC(F)F. The zero-order valence-electron chi connectivity index (χ0n) is 17.3. The second-order valence-corrected chi connectivity index (χ2v) is 8.61. The van der Waals surface area contributed by atoms with Gasteiger partial charge in [0.25, 0.3) is 6.43 Å². The van der Waals surface area contributed by atoms with Crippen molar-refractivity contribution in [3.05, 3.63) is 24.2 Å². The van der Waals surface area contributed by atoms with E-state index in [2.05, 4.69) is 19.6 Å². The predicted octanol–water partition coefficient (Wildman–Crippen LogP) is 3.52. The van der Waals surface area contributed by atoms with Crippen LogP contribution in [0.1, 0.15) is 37.4 Å². The maximum Gasteiger partial charge on any atom is 0.387 e. The molecular weight excluding hydrogens is 428 g/mol. The minimum absolute atomic E-state index is 0.0565. The fourth-order valence-electron chi connectivity index (χ4n) is 4.65. The second-order valence-electron chi connectivity index (χ2n) is 8.61. The van der Waals surface area contributed by atoms with Crippen LogP contribution in [0, 0.1) is 0 Å². The molecule has 5 heterocycles. The number of nitrogens with two attached hydrogens (primary N) is 1. The number of piperazine rings is 1. The number of hydrogen-bond donors (Lipinski definition) is 1. The van der Waals surface area contributed by atoms with E-state index in [4.69, 9.17) is 10.7 Å². The molecule has 2 aromatic heterocycles. The van der Waals surface area contributed by atoms with Gasteiger partial charge < -0.3 is 15.4 Å². The summed E-state index contributed by atoms with van der Waals surface area (Å²) < 4.78 is 55.8. The Balaban J connectivity index is 1.47. The lowest BCUT2D eigenvalue weighted by Gasteiger charge is -2.52. The summed E-state index contributed by atoms with van der Waals surface area (Å²) in [5.74, 6) is 1.38. The van der Waals surface area contributed by atoms with Gasteiger partial charge in [-0.3, -0.25) is 4.90 Å². The molecule has 4 aliphatic rings. The highest BCUT2D eigenvalue weighted by Gasteiger charge is 2.41. The average molecular weight is 452 g/mol. The number of pyridine rings is 1. The molecule has 3 saturated heterocycles. The van der Waals surface area contributed by atoms with Gasteiger partial charge in [0.05, 0.1) is 12.2 Å². The van der Waals surface area contributed by atoms with Gasteiger partial charge in [0.2, 0.25) is 0 Å². The van der Waals surface area contributed by atoms with Crippen LogP contribution in [-0.2, 0) is 0 Å². The molecule has 6 rings (SSSR count). The fraction of sp³-hybridized carbons (Fsp3) is 0.571. The van der Waals surface area contributed by atoms with Crippen LogP contribution >= 0.6 is 0 Å². The van der Waals surface area contributed by atoms with Crippen molar-refractivity contribution >= 4 is 11.6 Å². The number of nitrogen functional groups attached to an aromatic ring is 1. The van der Waals surface area contributed by atoms with Crippen molar-refractivity contribution in [1.82, 2.24) is 19.9 Å². The molecule has 0 aromatic carbocycles. The molecule has 1 aliphatic carbocycles. The Hall–Kier alpha value is -2.69. The van der Waals surface area contributed by atoms with Crippen molar-refractivity contribution in [2.45, 2.75) is 56.7 Å². The van der Waals surface area contributed by atoms with Crippen molar-refractivity contribution in [3.8, 4) is 17.0 Å². The average Bonchev–Trinajstić information content (AvgIpc) is 3.60. The summed E-state index contributed by atoms with van der Waals surface area (Å²) in [6, 6.07) is 3.37. The summed E-state index contributed by atoms with van der Waals surface area (Å²) in [5.41, 5.74) is 6.72. The lowest BCUT2D eigenvalue weighted by molar-refractivity contribution is -0.0494. The van der Waals surface area contributed by atoms with E-state index in [1.807, 2.05) is 11.0 Å². The first-order valence-electron chi connectivity index (χ1n) is 10.8. The van der Waals surface area contributed by atoms with Gasteiger partial charge in [-0.15, -0.1) is 0 Å². The number of rotatable bonds is 7. The van der Waals surface area contributed by atoms with E-state index in [1.54, 1.807) is 0 Å². The Labute approximate surface area is 182 Å². The lowest BCUT2D eigenvalue weighted by Crippen LogP contribution is -2.63. The number of alkyl halides is 4. The number of ether oxygens (including phenoxy) is 1. The number of aromatic nitrogens is 3. The third-order valence-corrected chi connectivity index (χ3v) is 6.38. The maximum absolute atomic E-state index is 12.9. The van der Waals surface area contributed by atoms with Crippen LogP contribution in [0.3, 0.4) is 0 Å². The van der Waals surface area contributed by atoms with Crippen molar-refractivity contribution in [3.63, 3.8) is 0 Å². The van der Waals surface area contributed by atoms with Crippen LogP contribution in [0.15, 0.2) is 18.3 Å². The van der Waals surface area contributed by atoms with E-state index in [-0.39, 0.29) is 36.1 Å². The minimum Gasteiger partial charge on any atom is -0.431 e. The molecule has 7 nitrogen and oxygen atoms in total. The van der Waals surface area contributed by atoms with Crippen LogP contribution in [0.25, 0.3) is 11.3 Å². The molecule has 32 heavy (non-hydrogen) atoms. The molecule has 2 aromatic rings. The lowest BCUT2D eigenvalue weighted by atomic mass is 9.90. The van der Waals surface area contributed by atoms with E-state index in [0.29, 0.717) is 30.2 Å². The number of anilines is 2. The number of fused-ring (bicyclic) bond motifs is 3. The normalized spacial score (nSPS) is 23.4. The molecule has 0 spiro atoms. The minimum atomic E-state index is -3.02. The summed E-state index contributed by atoms with van der Waals surface area (Å²) in [4.78, 5) is 17.5. The Morgan fingerprint density at radius 3 is 2.47 bits per heavy atom. The molecule has 172 valence electrons. The molecule has 2 bridgehead atoms. The summed E-state index contributed by atoms with van der Waals surface area (Å²) in [6.45, 7) is -2.03. The van der Waals surface area contributed by atoms with Crippen LogP contribution in [0.4, 0.5) is 29.2 Å². The van der Waals surface area contributed by atoms with Gasteiger partial charge in [0, 0.05) is 48.9 Å². The number of hydrogen-bond acceptors (Lipinski definition) is 7. The maximum atomic E-state index is 12.9. The Bertz CT molecular complexity index is 989. The van der Waals surface area contributed by atoms with E-state index < -0.39 is 13.0 Å². The van der Waals surface area contributed by atoms with Crippen LogP contribution < -0.4 is 15.4 Å². The van der Waals surface area contributed by atoms with Gasteiger partial charge in [-0.1, -0.05) is 0 Å². The molecule has 4 fully saturated rings. The highest BCUT2D eigenvalue weighted by Crippen LogP contribution is 2.41. The molecule has 2 N–H and O–H groups in total. The third kappa shape index (κ3) is 4.30. The first-order valence-corrected chi connectivity index (χ1v) is 10.8. The zero-order valence-corrected chi connectivity index (χ0v) is 17.3.